The minimum absolute atomic E-state index is 0.128. The van der Waals surface area contributed by atoms with Crippen molar-refractivity contribution in [3.63, 3.8) is 0 Å². The lowest BCUT2D eigenvalue weighted by Crippen LogP contribution is -2.48. The molecule has 1 aliphatic carbocycles. The molecular weight excluding hydrogens is 238 g/mol. The van der Waals surface area contributed by atoms with Crippen LogP contribution < -0.4 is 0 Å². The highest BCUT2D eigenvalue weighted by molar-refractivity contribution is 5.29. The molecule has 0 spiro atoms. The Morgan fingerprint density at radius 3 is 2.79 bits per heavy atom. The van der Waals surface area contributed by atoms with Crippen LogP contribution in [0.5, 0.6) is 0 Å². The number of nitrogens with zero attached hydrogens (tertiary/aromatic N) is 1. The Morgan fingerprint density at radius 1 is 1.32 bits per heavy atom. The molecule has 3 rings (SSSR count). The molecule has 1 aliphatic heterocycles. The van der Waals surface area contributed by atoms with Gasteiger partial charge in [0.15, 0.2) is 0 Å². The number of rotatable bonds is 1. The summed E-state index contributed by atoms with van der Waals surface area (Å²) in [6, 6.07) is 4.16. The molecule has 0 bridgehead atoms. The summed E-state index contributed by atoms with van der Waals surface area (Å²) in [6.07, 6.45) is 6.83. The fourth-order valence-corrected chi connectivity index (χ4v) is 3.99. The predicted octanol–water partition coefficient (Wildman–Crippen LogP) is 2.82. The van der Waals surface area contributed by atoms with Gasteiger partial charge in [0.1, 0.15) is 0 Å². The molecule has 2 heterocycles. The van der Waals surface area contributed by atoms with Crippen molar-refractivity contribution in [2.24, 2.45) is 0 Å². The minimum atomic E-state index is -0.652. The van der Waals surface area contributed by atoms with E-state index < -0.39 is 5.60 Å². The molecule has 3 atom stereocenters. The fourth-order valence-electron chi connectivity index (χ4n) is 3.99. The molecule has 0 radical (unpaired) electrons. The third kappa shape index (κ3) is 2.41. The van der Waals surface area contributed by atoms with Crippen molar-refractivity contribution in [2.75, 3.05) is 0 Å². The summed E-state index contributed by atoms with van der Waals surface area (Å²) in [5, 5.41) is 11.2. The minimum Gasteiger partial charge on any atom is -0.389 e. The van der Waals surface area contributed by atoms with Crippen molar-refractivity contribution < 1.29 is 9.84 Å². The molecule has 0 saturated carbocycles. The van der Waals surface area contributed by atoms with Crippen LogP contribution in [0, 0.1) is 0 Å². The van der Waals surface area contributed by atoms with Gasteiger partial charge >= 0.3 is 0 Å². The Kier molecular flexibility index (Phi) is 3.35. The topological polar surface area (TPSA) is 42.4 Å². The number of fused-ring (bicyclic) bond motifs is 1. The number of aliphatic hydroxyl groups is 1. The van der Waals surface area contributed by atoms with Crippen LogP contribution in [0.3, 0.4) is 0 Å². The highest BCUT2D eigenvalue weighted by Crippen LogP contribution is 2.45. The van der Waals surface area contributed by atoms with E-state index in [0.29, 0.717) is 0 Å². The largest absolute Gasteiger partial charge is 0.389 e. The zero-order chi connectivity index (χ0) is 13.5. The second-order valence-corrected chi connectivity index (χ2v) is 6.26. The Bertz CT molecular complexity index is 450. The molecule has 2 aliphatic rings. The molecule has 1 saturated heterocycles. The summed E-state index contributed by atoms with van der Waals surface area (Å²) in [4.78, 5) is 4.57. The number of hydrogen-bond donors (Lipinski definition) is 1. The zero-order valence-electron chi connectivity index (χ0n) is 11.8. The lowest BCUT2D eigenvalue weighted by atomic mass is 9.70. The molecule has 19 heavy (non-hydrogen) atoms. The molecule has 0 amide bonds. The maximum atomic E-state index is 11.2. The number of aromatic nitrogens is 1. The standard InChI is InChI=1S/C16H23NO2/c1-11-9-16(18,10-12(2)19-11)14-7-3-5-13-6-4-8-17-15(13)14/h4,6,8,11-12,14,18H,3,5,7,9-10H2,1-2H3. The van der Waals surface area contributed by atoms with Crippen LogP contribution in [-0.4, -0.2) is 27.9 Å². The molecule has 3 unspecified atom stereocenters. The van der Waals surface area contributed by atoms with E-state index in [4.69, 9.17) is 4.74 Å². The van der Waals surface area contributed by atoms with Gasteiger partial charge in [-0.25, -0.2) is 0 Å². The average molecular weight is 261 g/mol. The van der Waals surface area contributed by atoms with Gasteiger partial charge in [0.25, 0.3) is 0 Å². The van der Waals surface area contributed by atoms with Crippen LogP contribution >= 0.6 is 0 Å². The first-order valence-electron chi connectivity index (χ1n) is 7.40. The Hall–Kier alpha value is -0.930. The number of pyridine rings is 1. The molecule has 0 aromatic carbocycles. The van der Waals surface area contributed by atoms with E-state index in [2.05, 4.69) is 24.9 Å². The summed E-state index contributed by atoms with van der Waals surface area (Å²) in [5.74, 6) is 0.172. The van der Waals surface area contributed by atoms with E-state index >= 15 is 0 Å². The van der Waals surface area contributed by atoms with Gasteiger partial charge in [0, 0.05) is 30.7 Å². The molecule has 104 valence electrons. The van der Waals surface area contributed by atoms with Gasteiger partial charge in [0.05, 0.1) is 17.8 Å². The van der Waals surface area contributed by atoms with Gasteiger partial charge in [-0.2, -0.15) is 0 Å². The maximum Gasteiger partial charge on any atom is 0.0780 e. The second kappa shape index (κ2) is 4.88. The van der Waals surface area contributed by atoms with Crippen LogP contribution in [0.15, 0.2) is 18.3 Å². The Morgan fingerprint density at radius 2 is 2.05 bits per heavy atom. The van der Waals surface area contributed by atoms with Crippen molar-refractivity contribution in [2.45, 2.75) is 69.7 Å². The third-order valence-electron chi connectivity index (χ3n) is 4.59. The molecule has 1 aromatic heterocycles. The predicted molar refractivity (Wildman–Crippen MR) is 74.1 cm³/mol. The third-order valence-corrected chi connectivity index (χ3v) is 4.59. The Balaban J connectivity index is 1.94. The van der Waals surface area contributed by atoms with Crippen molar-refractivity contribution in [1.29, 1.82) is 0 Å². The van der Waals surface area contributed by atoms with E-state index in [9.17, 15) is 5.11 Å². The van der Waals surface area contributed by atoms with E-state index in [1.54, 1.807) is 0 Å². The lowest BCUT2D eigenvalue weighted by molar-refractivity contribution is -0.144. The fraction of sp³-hybridized carbons (Fsp3) is 0.688. The zero-order valence-corrected chi connectivity index (χ0v) is 11.8. The van der Waals surface area contributed by atoms with Gasteiger partial charge < -0.3 is 9.84 Å². The lowest BCUT2D eigenvalue weighted by Gasteiger charge is -2.45. The van der Waals surface area contributed by atoms with Gasteiger partial charge in [-0.15, -0.1) is 0 Å². The highest BCUT2D eigenvalue weighted by Gasteiger charge is 2.45. The van der Waals surface area contributed by atoms with Crippen LogP contribution in [0.1, 0.15) is 56.7 Å². The van der Waals surface area contributed by atoms with Gasteiger partial charge in [-0.3, -0.25) is 4.98 Å². The first-order chi connectivity index (χ1) is 9.08. The summed E-state index contributed by atoms with van der Waals surface area (Å²) >= 11 is 0. The maximum absolute atomic E-state index is 11.2. The van der Waals surface area contributed by atoms with Gasteiger partial charge in [-0.05, 0) is 44.7 Å². The summed E-state index contributed by atoms with van der Waals surface area (Å²) < 4.78 is 5.78. The first-order valence-corrected chi connectivity index (χ1v) is 7.40. The van der Waals surface area contributed by atoms with E-state index in [-0.39, 0.29) is 18.1 Å². The Labute approximate surface area is 115 Å². The van der Waals surface area contributed by atoms with E-state index in [1.165, 1.54) is 5.56 Å². The van der Waals surface area contributed by atoms with Crippen LogP contribution in [-0.2, 0) is 11.2 Å². The average Bonchev–Trinajstić information content (AvgIpc) is 2.36. The van der Waals surface area contributed by atoms with E-state index in [1.807, 2.05) is 12.3 Å². The van der Waals surface area contributed by atoms with Gasteiger partial charge in [-0.1, -0.05) is 6.07 Å². The number of hydrogen-bond acceptors (Lipinski definition) is 3. The van der Waals surface area contributed by atoms with Crippen molar-refractivity contribution in [3.05, 3.63) is 29.6 Å². The van der Waals surface area contributed by atoms with Crippen molar-refractivity contribution in [1.82, 2.24) is 4.98 Å². The molecular formula is C16H23NO2. The molecule has 1 aromatic rings. The molecule has 3 nitrogen and oxygen atoms in total. The quantitative estimate of drug-likeness (QED) is 0.845. The summed E-state index contributed by atoms with van der Waals surface area (Å²) in [7, 11) is 0. The number of aryl methyl sites for hydroxylation is 1. The smallest absolute Gasteiger partial charge is 0.0780 e. The molecule has 1 N–H and O–H groups in total. The summed E-state index contributed by atoms with van der Waals surface area (Å²) in [5.41, 5.74) is 1.79. The second-order valence-electron chi connectivity index (χ2n) is 6.26. The van der Waals surface area contributed by atoms with Crippen molar-refractivity contribution >= 4 is 0 Å². The normalized spacial score (nSPS) is 38.8. The molecule has 3 heteroatoms. The van der Waals surface area contributed by atoms with Gasteiger partial charge in [0.2, 0.25) is 0 Å². The van der Waals surface area contributed by atoms with E-state index in [0.717, 1.165) is 37.8 Å². The highest BCUT2D eigenvalue weighted by atomic mass is 16.5. The molecule has 1 fully saturated rings. The van der Waals surface area contributed by atoms with Crippen LogP contribution in [0.2, 0.25) is 0 Å². The summed E-state index contributed by atoms with van der Waals surface area (Å²) in [6.45, 7) is 4.12. The van der Waals surface area contributed by atoms with Crippen LogP contribution in [0.4, 0.5) is 0 Å². The first kappa shape index (κ1) is 13.1. The monoisotopic (exact) mass is 261 g/mol. The SMILES string of the molecule is CC1CC(O)(C2CCCc3cccnc32)CC(C)O1. The van der Waals surface area contributed by atoms with Crippen molar-refractivity contribution in [3.8, 4) is 0 Å². The van der Waals surface area contributed by atoms with Crippen LogP contribution in [0.25, 0.3) is 0 Å². The number of ether oxygens (including phenoxy) is 1.